The zero-order chi connectivity index (χ0) is 17.9. The van der Waals surface area contributed by atoms with Gasteiger partial charge in [0.2, 0.25) is 5.91 Å². The number of fused-ring (bicyclic) bond motifs is 1. The van der Waals surface area contributed by atoms with E-state index >= 15 is 0 Å². The summed E-state index contributed by atoms with van der Waals surface area (Å²) in [6, 6.07) is 21.2. The predicted molar refractivity (Wildman–Crippen MR) is 106 cm³/mol. The highest BCUT2D eigenvalue weighted by Gasteiger charge is 2.25. The highest BCUT2D eigenvalue weighted by molar-refractivity contribution is 5.81. The SMILES string of the molecule is Cn1c(C2CCN(C(=O)CCc3ccccc3)CC2)cc2ccccc21. The second kappa shape index (κ2) is 7.36. The molecule has 1 aliphatic rings. The topological polar surface area (TPSA) is 25.2 Å². The van der Waals surface area contributed by atoms with E-state index in [1.165, 1.54) is 22.2 Å². The van der Waals surface area contributed by atoms with Gasteiger partial charge in [0.05, 0.1) is 0 Å². The minimum atomic E-state index is 0.296. The zero-order valence-corrected chi connectivity index (χ0v) is 15.4. The van der Waals surface area contributed by atoms with Gasteiger partial charge < -0.3 is 9.47 Å². The van der Waals surface area contributed by atoms with Gasteiger partial charge in [-0.15, -0.1) is 0 Å². The molecule has 0 radical (unpaired) electrons. The third kappa shape index (κ3) is 3.39. The molecule has 26 heavy (non-hydrogen) atoms. The fraction of sp³-hybridized carbons (Fsp3) is 0.348. The molecule has 3 nitrogen and oxygen atoms in total. The molecule has 4 rings (SSSR count). The number of benzene rings is 2. The third-order valence-electron chi connectivity index (χ3n) is 5.73. The maximum atomic E-state index is 12.5. The molecule has 3 aromatic rings. The standard InChI is InChI=1S/C23H26N2O/c1-24-21-10-6-5-9-20(21)17-22(24)19-13-15-25(16-14-19)23(26)12-11-18-7-3-2-4-8-18/h2-10,17,19H,11-16H2,1H3. The second-order valence-electron chi connectivity index (χ2n) is 7.33. The molecule has 134 valence electrons. The molecule has 1 aromatic heterocycles. The molecule has 0 N–H and O–H groups in total. The van der Waals surface area contributed by atoms with E-state index in [0.717, 1.165) is 32.4 Å². The number of aromatic nitrogens is 1. The monoisotopic (exact) mass is 346 g/mol. The lowest BCUT2D eigenvalue weighted by molar-refractivity contribution is -0.132. The smallest absolute Gasteiger partial charge is 0.222 e. The molecule has 1 fully saturated rings. The Balaban J connectivity index is 1.36. The van der Waals surface area contributed by atoms with Gasteiger partial charge in [0, 0.05) is 43.7 Å². The number of amides is 1. The first-order valence-corrected chi connectivity index (χ1v) is 9.58. The number of para-hydroxylation sites is 1. The summed E-state index contributed by atoms with van der Waals surface area (Å²) in [6.07, 6.45) is 3.56. The Morgan fingerprint density at radius 2 is 1.69 bits per heavy atom. The number of hydrogen-bond acceptors (Lipinski definition) is 1. The van der Waals surface area contributed by atoms with Crippen molar-refractivity contribution in [2.24, 2.45) is 7.05 Å². The van der Waals surface area contributed by atoms with Crippen molar-refractivity contribution >= 4 is 16.8 Å². The summed E-state index contributed by atoms with van der Waals surface area (Å²) in [5, 5.41) is 1.31. The number of carbonyl (C=O) groups is 1. The van der Waals surface area contributed by atoms with Gasteiger partial charge in [0.1, 0.15) is 0 Å². The van der Waals surface area contributed by atoms with Crippen LogP contribution < -0.4 is 0 Å². The van der Waals surface area contributed by atoms with E-state index in [-0.39, 0.29) is 0 Å². The first kappa shape index (κ1) is 16.9. The fourth-order valence-electron chi connectivity index (χ4n) is 4.18. The molecule has 0 unspecified atom stereocenters. The number of likely N-dealkylation sites (tertiary alicyclic amines) is 1. The van der Waals surface area contributed by atoms with Crippen LogP contribution in [0.15, 0.2) is 60.7 Å². The average molecular weight is 346 g/mol. The minimum Gasteiger partial charge on any atom is -0.347 e. The Morgan fingerprint density at radius 1 is 1.00 bits per heavy atom. The number of hydrogen-bond donors (Lipinski definition) is 0. The molecule has 1 aliphatic heterocycles. The number of rotatable bonds is 4. The van der Waals surface area contributed by atoms with Gasteiger partial charge >= 0.3 is 0 Å². The Labute approximate surface area is 155 Å². The van der Waals surface area contributed by atoms with Crippen LogP contribution in [0.5, 0.6) is 0 Å². The van der Waals surface area contributed by atoms with Gasteiger partial charge in [0.25, 0.3) is 0 Å². The van der Waals surface area contributed by atoms with Crippen LogP contribution in [-0.4, -0.2) is 28.5 Å². The third-order valence-corrected chi connectivity index (χ3v) is 5.73. The Kier molecular flexibility index (Phi) is 4.79. The van der Waals surface area contributed by atoms with Gasteiger partial charge in [-0.2, -0.15) is 0 Å². The van der Waals surface area contributed by atoms with Crippen molar-refractivity contribution in [1.29, 1.82) is 0 Å². The largest absolute Gasteiger partial charge is 0.347 e. The van der Waals surface area contributed by atoms with Crippen molar-refractivity contribution in [2.45, 2.75) is 31.6 Å². The van der Waals surface area contributed by atoms with Crippen LogP contribution in [0.1, 0.15) is 36.4 Å². The van der Waals surface area contributed by atoms with E-state index < -0.39 is 0 Å². The van der Waals surface area contributed by atoms with Crippen LogP contribution >= 0.6 is 0 Å². The van der Waals surface area contributed by atoms with E-state index in [2.05, 4.69) is 59.0 Å². The molecule has 0 saturated carbocycles. The van der Waals surface area contributed by atoms with Gasteiger partial charge in [-0.05, 0) is 42.3 Å². The normalized spacial score (nSPS) is 15.5. The molecule has 1 saturated heterocycles. The molecule has 1 amide bonds. The average Bonchev–Trinajstić information content (AvgIpc) is 3.04. The maximum Gasteiger partial charge on any atom is 0.222 e. The van der Waals surface area contributed by atoms with E-state index in [1.807, 2.05) is 18.2 Å². The molecule has 0 atom stereocenters. The van der Waals surface area contributed by atoms with Crippen LogP contribution in [0, 0.1) is 0 Å². The first-order chi connectivity index (χ1) is 12.7. The van der Waals surface area contributed by atoms with Gasteiger partial charge in [-0.3, -0.25) is 4.79 Å². The second-order valence-corrected chi connectivity index (χ2v) is 7.33. The van der Waals surface area contributed by atoms with E-state index in [4.69, 9.17) is 0 Å². The van der Waals surface area contributed by atoms with E-state index in [1.54, 1.807) is 0 Å². The van der Waals surface area contributed by atoms with Crippen molar-refractivity contribution in [3.63, 3.8) is 0 Å². The fourth-order valence-corrected chi connectivity index (χ4v) is 4.18. The van der Waals surface area contributed by atoms with Crippen molar-refractivity contribution in [3.8, 4) is 0 Å². The molecule has 2 aromatic carbocycles. The van der Waals surface area contributed by atoms with Gasteiger partial charge in [-0.1, -0.05) is 48.5 Å². The minimum absolute atomic E-state index is 0.296. The lowest BCUT2D eigenvalue weighted by Gasteiger charge is -2.32. The number of piperidine rings is 1. The van der Waals surface area contributed by atoms with Crippen LogP contribution in [0.4, 0.5) is 0 Å². The summed E-state index contributed by atoms with van der Waals surface area (Å²) in [4.78, 5) is 14.6. The van der Waals surface area contributed by atoms with Crippen molar-refractivity contribution < 1.29 is 4.79 Å². The molecular weight excluding hydrogens is 320 g/mol. The van der Waals surface area contributed by atoms with Crippen LogP contribution in [0.3, 0.4) is 0 Å². The van der Waals surface area contributed by atoms with Crippen molar-refractivity contribution in [3.05, 3.63) is 71.9 Å². The summed E-state index contributed by atoms with van der Waals surface area (Å²) in [6.45, 7) is 1.75. The Morgan fingerprint density at radius 3 is 2.42 bits per heavy atom. The Bertz CT molecular complexity index is 889. The molecule has 2 heterocycles. The number of nitrogens with zero attached hydrogens (tertiary/aromatic N) is 2. The van der Waals surface area contributed by atoms with Crippen LogP contribution in [-0.2, 0) is 18.3 Å². The van der Waals surface area contributed by atoms with Crippen molar-refractivity contribution in [1.82, 2.24) is 9.47 Å². The summed E-state index contributed by atoms with van der Waals surface area (Å²) in [5.74, 6) is 0.843. The first-order valence-electron chi connectivity index (χ1n) is 9.58. The molecular formula is C23H26N2O. The van der Waals surface area contributed by atoms with E-state index in [9.17, 15) is 4.79 Å². The predicted octanol–water partition coefficient (Wildman–Crippen LogP) is 4.52. The summed E-state index contributed by atoms with van der Waals surface area (Å²) < 4.78 is 2.33. The van der Waals surface area contributed by atoms with E-state index in [0.29, 0.717) is 18.2 Å². The summed E-state index contributed by atoms with van der Waals surface area (Å²) in [7, 11) is 2.16. The highest BCUT2D eigenvalue weighted by Crippen LogP contribution is 2.32. The molecule has 3 heteroatoms. The van der Waals surface area contributed by atoms with Gasteiger partial charge in [-0.25, -0.2) is 0 Å². The quantitative estimate of drug-likeness (QED) is 0.682. The zero-order valence-electron chi connectivity index (χ0n) is 15.4. The summed E-state index contributed by atoms with van der Waals surface area (Å²) >= 11 is 0. The lowest BCUT2D eigenvalue weighted by Crippen LogP contribution is -2.38. The molecule has 0 aliphatic carbocycles. The lowest BCUT2D eigenvalue weighted by atomic mass is 9.93. The van der Waals surface area contributed by atoms with Crippen LogP contribution in [0.25, 0.3) is 10.9 Å². The Hall–Kier alpha value is -2.55. The molecule has 0 bridgehead atoms. The van der Waals surface area contributed by atoms with Crippen molar-refractivity contribution in [2.75, 3.05) is 13.1 Å². The molecule has 0 spiro atoms. The maximum absolute atomic E-state index is 12.5. The van der Waals surface area contributed by atoms with Crippen LogP contribution in [0.2, 0.25) is 0 Å². The summed E-state index contributed by atoms with van der Waals surface area (Å²) in [5.41, 5.74) is 3.94. The highest BCUT2D eigenvalue weighted by atomic mass is 16.2. The van der Waals surface area contributed by atoms with Gasteiger partial charge in [0.15, 0.2) is 0 Å². The number of carbonyl (C=O) groups excluding carboxylic acids is 1. The number of aryl methyl sites for hydroxylation is 2.